The molecule has 0 spiro atoms. The Morgan fingerprint density at radius 1 is 1.32 bits per heavy atom. The van der Waals surface area contributed by atoms with Crippen molar-refractivity contribution < 1.29 is 24.5 Å². The maximum absolute atomic E-state index is 11.5. The molecule has 0 radical (unpaired) electrons. The molecule has 1 rings (SSSR count). The van der Waals surface area contributed by atoms with Crippen LogP contribution >= 0.6 is 0 Å². The largest absolute Gasteiger partial charge is 0.481 e. The smallest absolute Gasteiger partial charge is 0.407 e. The minimum atomic E-state index is -1.02. The summed E-state index contributed by atoms with van der Waals surface area (Å²) in [5, 5.41) is 21.7. The van der Waals surface area contributed by atoms with Crippen LogP contribution in [-0.4, -0.2) is 40.0 Å². The first-order chi connectivity index (χ1) is 8.61. The number of hydrogen-bond acceptors (Lipinski definition) is 4. The summed E-state index contributed by atoms with van der Waals surface area (Å²) >= 11 is 0. The van der Waals surface area contributed by atoms with Crippen LogP contribution in [0.4, 0.5) is 4.79 Å². The molecular weight excluding hydrogens is 250 g/mol. The lowest BCUT2D eigenvalue weighted by molar-refractivity contribution is -0.144. The molecule has 3 N–H and O–H groups in total. The molecule has 0 aromatic rings. The van der Waals surface area contributed by atoms with E-state index < -0.39 is 23.3 Å². The molecule has 0 atom stereocenters. The Morgan fingerprint density at radius 3 is 2.26 bits per heavy atom. The van der Waals surface area contributed by atoms with Crippen LogP contribution in [0.3, 0.4) is 0 Å². The predicted molar refractivity (Wildman–Crippen MR) is 68.8 cm³/mol. The third kappa shape index (κ3) is 5.46. The van der Waals surface area contributed by atoms with Crippen molar-refractivity contribution in [1.82, 2.24) is 5.32 Å². The zero-order valence-corrected chi connectivity index (χ0v) is 11.7. The lowest BCUT2D eigenvalue weighted by Crippen LogP contribution is -2.47. The van der Waals surface area contributed by atoms with Crippen molar-refractivity contribution in [2.75, 3.05) is 6.54 Å². The van der Waals surface area contributed by atoms with E-state index in [0.29, 0.717) is 25.7 Å². The third-order valence-corrected chi connectivity index (χ3v) is 3.23. The number of alkyl carbamates (subject to hydrolysis) is 1. The number of carboxylic acids is 1. The quantitative estimate of drug-likeness (QED) is 0.724. The molecular formula is C13H23NO5. The first-order valence-electron chi connectivity index (χ1n) is 6.53. The van der Waals surface area contributed by atoms with Crippen LogP contribution in [0.2, 0.25) is 0 Å². The van der Waals surface area contributed by atoms with Gasteiger partial charge in [0.15, 0.2) is 0 Å². The predicted octanol–water partition coefficient (Wildman–Crippen LogP) is 1.52. The number of rotatable bonds is 3. The van der Waals surface area contributed by atoms with E-state index in [1.807, 2.05) is 0 Å². The number of carboxylic acid groups (broad SMARTS) is 1. The van der Waals surface area contributed by atoms with Gasteiger partial charge in [0.2, 0.25) is 0 Å². The molecule has 1 aliphatic rings. The van der Waals surface area contributed by atoms with E-state index >= 15 is 0 Å². The van der Waals surface area contributed by atoms with E-state index in [0.717, 1.165) is 0 Å². The molecule has 6 nitrogen and oxygen atoms in total. The minimum Gasteiger partial charge on any atom is -0.481 e. The van der Waals surface area contributed by atoms with Gasteiger partial charge in [0.1, 0.15) is 5.60 Å². The normalized spacial score (nSPS) is 27.7. The topological polar surface area (TPSA) is 95.9 Å². The Labute approximate surface area is 113 Å². The Hall–Kier alpha value is -1.30. The summed E-state index contributed by atoms with van der Waals surface area (Å²) in [5.41, 5.74) is -1.60. The molecule has 1 saturated carbocycles. The molecule has 1 amide bonds. The van der Waals surface area contributed by atoms with Gasteiger partial charge in [-0.05, 0) is 46.5 Å². The molecule has 0 aromatic heterocycles. The molecule has 19 heavy (non-hydrogen) atoms. The number of nitrogens with one attached hydrogen (secondary N) is 1. The fourth-order valence-corrected chi connectivity index (χ4v) is 2.13. The summed E-state index contributed by atoms with van der Waals surface area (Å²) in [5.74, 6) is -1.20. The second-order valence-corrected chi connectivity index (χ2v) is 6.19. The summed E-state index contributed by atoms with van der Waals surface area (Å²) < 4.78 is 5.08. The number of hydrogen-bond donors (Lipinski definition) is 3. The summed E-state index contributed by atoms with van der Waals surface area (Å²) in [6.45, 7) is 5.38. The van der Waals surface area contributed by atoms with Crippen molar-refractivity contribution in [3.8, 4) is 0 Å². The molecule has 0 unspecified atom stereocenters. The van der Waals surface area contributed by atoms with Crippen molar-refractivity contribution in [2.24, 2.45) is 5.92 Å². The highest BCUT2D eigenvalue weighted by Crippen LogP contribution is 2.31. The van der Waals surface area contributed by atoms with Gasteiger partial charge < -0.3 is 20.3 Å². The zero-order valence-electron chi connectivity index (χ0n) is 11.7. The Balaban J connectivity index is 2.37. The van der Waals surface area contributed by atoms with Crippen LogP contribution in [0, 0.1) is 5.92 Å². The maximum atomic E-state index is 11.5. The van der Waals surface area contributed by atoms with E-state index in [-0.39, 0.29) is 12.5 Å². The van der Waals surface area contributed by atoms with Gasteiger partial charge in [-0.1, -0.05) is 0 Å². The lowest BCUT2D eigenvalue weighted by Gasteiger charge is -2.34. The monoisotopic (exact) mass is 273 g/mol. The zero-order chi connectivity index (χ0) is 14.7. The molecule has 0 bridgehead atoms. The molecule has 1 fully saturated rings. The van der Waals surface area contributed by atoms with E-state index in [1.165, 1.54) is 0 Å². The van der Waals surface area contributed by atoms with Gasteiger partial charge in [0.05, 0.1) is 11.5 Å². The molecule has 0 saturated heterocycles. The van der Waals surface area contributed by atoms with Crippen molar-refractivity contribution in [3.63, 3.8) is 0 Å². The molecule has 1 aliphatic carbocycles. The minimum absolute atomic E-state index is 0.0915. The van der Waals surface area contributed by atoms with Crippen molar-refractivity contribution >= 4 is 12.1 Å². The molecule has 0 aromatic carbocycles. The standard InChI is InChI=1S/C13H23NO5/c1-12(2,3)19-11(17)14-8-13(18)6-4-9(5-7-13)10(15)16/h9,18H,4-8H2,1-3H3,(H,14,17)(H,15,16). The average molecular weight is 273 g/mol. The number of ether oxygens (including phenoxy) is 1. The lowest BCUT2D eigenvalue weighted by atomic mass is 9.79. The Morgan fingerprint density at radius 2 is 1.84 bits per heavy atom. The molecule has 0 heterocycles. The van der Waals surface area contributed by atoms with Crippen LogP contribution < -0.4 is 5.32 Å². The van der Waals surface area contributed by atoms with Crippen molar-refractivity contribution in [3.05, 3.63) is 0 Å². The Kier molecular flexibility index (Phi) is 4.79. The van der Waals surface area contributed by atoms with Crippen LogP contribution in [0.15, 0.2) is 0 Å². The average Bonchev–Trinajstić information content (AvgIpc) is 2.25. The van der Waals surface area contributed by atoms with Gasteiger partial charge in [-0.15, -0.1) is 0 Å². The number of aliphatic hydroxyl groups is 1. The third-order valence-electron chi connectivity index (χ3n) is 3.23. The van der Waals surface area contributed by atoms with E-state index in [4.69, 9.17) is 9.84 Å². The van der Waals surface area contributed by atoms with E-state index in [1.54, 1.807) is 20.8 Å². The number of amides is 1. The molecule has 0 aliphatic heterocycles. The van der Waals surface area contributed by atoms with Crippen molar-refractivity contribution in [2.45, 2.75) is 57.7 Å². The van der Waals surface area contributed by atoms with Crippen LogP contribution in [-0.2, 0) is 9.53 Å². The molecule has 6 heteroatoms. The van der Waals surface area contributed by atoms with Gasteiger partial charge in [-0.3, -0.25) is 4.79 Å². The van der Waals surface area contributed by atoms with Gasteiger partial charge in [0.25, 0.3) is 0 Å². The maximum Gasteiger partial charge on any atom is 0.407 e. The Bertz CT molecular complexity index is 339. The fourth-order valence-electron chi connectivity index (χ4n) is 2.13. The van der Waals surface area contributed by atoms with Crippen molar-refractivity contribution in [1.29, 1.82) is 0 Å². The summed E-state index contributed by atoms with van der Waals surface area (Å²) in [6, 6.07) is 0. The summed E-state index contributed by atoms with van der Waals surface area (Å²) in [7, 11) is 0. The van der Waals surface area contributed by atoms with Crippen LogP contribution in [0.1, 0.15) is 46.5 Å². The highest BCUT2D eigenvalue weighted by molar-refractivity contribution is 5.70. The fraction of sp³-hybridized carbons (Fsp3) is 0.846. The summed E-state index contributed by atoms with van der Waals surface area (Å²) in [4.78, 5) is 22.3. The van der Waals surface area contributed by atoms with Gasteiger partial charge in [-0.25, -0.2) is 4.79 Å². The number of aliphatic carboxylic acids is 1. The SMILES string of the molecule is CC(C)(C)OC(=O)NCC1(O)CCC(C(=O)O)CC1. The highest BCUT2D eigenvalue weighted by atomic mass is 16.6. The van der Waals surface area contributed by atoms with Crippen LogP contribution in [0.25, 0.3) is 0 Å². The number of carbonyl (C=O) groups is 2. The van der Waals surface area contributed by atoms with Gasteiger partial charge >= 0.3 is 12.1 Å². The van der Waals surface area contributed by atoms with E-state index in [9.17, 15) is 14.7 Å². The second kappa shape index (κ2) is 5.77. The number of carbonyl (C=O) groups excluding carboxylic acids is 1. The van der Waals surface area contributed by atoms with Crippen LogP contribution in [0.5, 0.6) is 0 Å². The first-order valence-corrected chi connectivity index (χ1v) is 6.53. The van der Waals surface area contributed by atoms with Gasteiger partial charge in [0, 0.05) is 6.54 Å². The summed E-state index contributed by atoms with van der Waals surface area (Å²) in [6.07, 6.45) is 1.05. The highest BCUT2D eigenvalue weighted by Gasteiger charge is 2.36. The van der Waals surface area contributed by atoms with E-state index in [2.05, 4.69) is 5.32 Å². The second-order valence-electron chi connectivity index (χ2n) is 6.19. The van der Waals surface area contributed by atoms with Gasteiger partial charge in [-0.2, -0.15) is 0 Å². The first kappa shape index (κ1) is 15.8. The molecule has 110 valence electrons.